The molecule has 140 valence electrons. The Morgan fingerprint density at radius 2 is 2.00 bits per heavy atom. The largest absolute Gasteiger partial charge is 0.354 e. The van der Waals surface area contributed by atoms with Gasteiger partial charge in [-0.3, -0.25) is 9.59 Å². The lowest BCUT2D eigenvalue weighted by Gasteiger charge is -2.09. The molecule has 4 rings (SSSR count). The summed E-state index contributed by atoms with van der Waals surface area (Å²) < 4.78 is 1.25. The van der Waals surface area contributed by atoms with Crippen molar-refractivity contribution in [2.45, 2.75) is 45.6 Å². The Morgan fingerprint density at radius 1 is 1.22 bits per heavy atom. The number of fused-ring (bicyclic) bond motifs is 2. The molecule has 3 aromatic rings. The normalized spacial score (nSPS) is 13.5. The maximum absolute atomic E-state index is 12.5. The summed E-state index contributed by atoms with van der Waals surface area (Å²) in [5.41, 5.74) is 1.75. The summed E-state index contributed by atoms with van der Waals surface area (Å²) in [5, 5.41) is 9.66. The van der Waals surface area contributed by atoms with Crippen molar-refractivity contribution in [3.05, 3.63) is 55.9 Å². The van der Waals surface area contributed by atoms with Crippen molar-refractivity contribution in [2.75, 3.05) is 6.54 Å². The molecule has 0 bridgehead atoms. The molecule has 2 aromatic heterocycles. The minimum Gasteiger partial charge on any atom is -0.354 e. The number of benzene rings is 1. The van der Waals surface area contributed by atoms with Crippen LogP contribution in [0.3, 0.4) is 0 Å². The monoisotopic (exact) mass is 382 g/mol. The minimum absolute atomic E-state index is 0.0706. The molecular weight excluding hydrogens is 360 g/mol. The first-order valence-corrected chi connectivity index (χ1v) is 10.1. The van der Waals surface area contributed by atoms with E-state index < -0.39 is 0 Å². The molecule has 0 saturated carbocycles. The van der Waals surface area contributed by atoms with Crippen LogP contribution in [-0.4, -0.2) is 27.2 Å². The molecule has 1 N–H and O–H groups in total. The van der Waals surface area contributed by atoms with Crippen LogP contribution in [0.15, 0.2) is 29.1 Å². The summed E-state index contributed by atoms with van der Waals surface area (Å²) in [7, 11) is 0. The molecule has 2 heterocycles. The Labute approximate surface area is 161 Å². The van der Waals surface area contributed by atoms with Crippen molar-refractivity contribution < 1.29 is 4.79 Å². The van der Waals surface area contributed by atoms with Gasteiger partial charge in [-0.25, -0.2) is 9.67 Å². The second kappa shape index (κ2) is 7.60. The fourth-order valence-corrected chi connectivity index (χ4v) is 4.68. The quantitative estimate of drug-likeness (QED) is 0.735. The molecule has 7 heteroatoms. The lowest BCUT2D eigenvalue weighted by molar-refractivity contribution is -0.121. The van der Waals surface area contributed by atoms with E-state index >= 15 is 0 Å². The van der Waals surface area contributed by atoms with E-state index in [0.717, 1.165) is 35.4 Å². The highest BCUT2D eigenvalue weighted by Crippen LogP contribution is 2.26. The van der Waals surface area contributed by atoms with Crippen LogP contribution in [0.1, 0.15) is 34.1 Å². The van der Waals surface area contributed by atoms with Crippen LogP contribution in [0.25, 0.3) is 10.8 Å². The summed E-state index contributed by atoms with van der Waals surface area (Å²) in [6, 6.07) is 7.34. The zero-order valence-electron chi connectivity index (χ0n) is 15.3. The second-order valence-corrected chi connectivity index (χ2v) is 8.05. The number of thiazole rings is 1. The number of aryl methyl sites for hydroxylation is 3. The van der Waals surface area contributed by atoms with Gasteiger partial charge in [0.15, 0.2) is 0 Å². The third-order valence-electron chi connectivity index (χ3n) is 4.90. The summed E-state index contributed by atoms with van der Waals surface area (Å²) in [6.07, 6.45) is 5.41. The molecule has 0 saturated heterocycles. The average molecular weight is 382 g/mol. The molecular formula is C20H22N4O2S. The van der Waals surface area contributed by atoms with Crippen molar-refractivity contribution >= 4 is 28.0 Å². The predicted octanol–water partition coefficient (Wildman–Crippen LogP) is 2.40. The molecule has 0 fully saturated rings. The topological polar surface area (TPSA) is 76.9 Å². The molecule has 1 aliphatic rings. The number of carbonyl (C=O) groups excluding carboxylic acids is 1. The van der Waals surface area contributed by atoms with Crippen LogP contribution < -0.4 is 10.9 Å². The van der Waals surface area contributed by atoms with Gasteiger partial charge in [0, 0.05) is 23.2 Å². The number of rotatable bonds is 5. The summed E-state index contributed by atoms with van der Waals surface area (Å²) in [4.78, 5) is 30.9. The number of nitrogens with zero attached hydrogens (tertiary/aromatic N) is 3. The van der Waals surface area contributed by atoms with Crippen molar-refractivity contribution in [1.29, 1.82) is 0 Å². The molecule has 0 aliphatic heterocycles. The van der Waals surface area contributed by atoms with Crippen molar-refractivity contribution in [3.8, 4) is 0 Å². The first-order valence-electron chi connectivity index (χ1n) is 9.32. The van der Waals surface area contributed by atoms with Gasteiger partial charge in [-0.05, 0) is 38.7 Å². The lowest BCUT2D eigenvalue weighted by atomic mass is 10.0. The van der Waals surface area contributed by atoms with Gasteiger partial charge >= 0.3 is 0 Å². The molecule has 1 aliphatic carbocycles. The van der Waals surface area contributed by atoms with Gasteiger partial charge in [0.25, 0.3) is 5.56 Å². The van der Waals surface area contributed by atoms with Crippen LogP contribution in [0.4, 0.5) is 0 Å². The maximum Gasteiger partial charge on any atom is 0.275 e. The van der Waals surface area contributed by atoms with E-state index in [1.54, 1.807) is 17.4 Å². The third kappa shape index (κ3) is 3.78. The van der Waals surface area contributed by atoms with Crippen LogP contribution in [0.5, 0.6) is 0 Å². The van der Waals surface area contributed by atoms with Crippen molar-refractivity contribution in [2.24, 2.45) is 0 Å². The molecule has 27 heavy (non-hydrogen) atoms. The van der Waals surface area contributed by atoms with Gasteiger partial charge in [-0.15, -0.1) is 11.3 Å². The van der Waals surface area contributed by atoms with E-state index in [0.29, 0.717) is 11.9 Å². The predicted molar refractivity (Wildman–Crippen MR) is 106 cm³/mol. The number of carbonyl (C=O) groups is 1. The Morgan fingerprint density at radius 3 is 2.81 bits per heavy atom. The molecule has 0 spiro atoms. The van der Waals surface area contributed by atoms with Crippen LogP contribution in [0, 0.1) is 6.92 Å². The van der Waals surface area contributed by atoms with Crippen molar-refractivity contribution in [3.63, 3.8) is 0 Å². The zero-order chi connectivity index (χ0) is 18.8. The highest BCUT2D eigenvalue weighted by molar-refractivity contribution is 7.11. The molecule has 6 nitrogen and oxygen atoms in total. The van der Waals surface area contributed by atoms with Gasteiger partial charge in [-0.1, -0.05) is 18.2 Å². The summed E-state index contributed by atoms with van der Waals surface area (Å²) in [6.45, 7) is 2.30. The number of nitrogens with one attached hydrogen (secondary N) is 1. The zero-order valence-corrected chi connectivity index (χ0v) is 16.1. The van der Waals surface area contributed by atoms with Crippen molar-refractivity contribution in [1.82, 2.24) is 20.1 Å². The molecule has 0 unspecified atom stereocenters. The van der Waals surface area contributed by atoms with Gasteiger partial charge in [0.1, 0.15) is 6.54 Å². The fraction of sp³-hybridized carbons (Fsp3) is 0.400. The fourth-order valence-electron chi connectivity index (χ4n) is 3.52. The van der Waals surface area contributed by atoms with E-state index in [2.05, 4.69) is 10.4 Å². The molecule has 1 amide bonds. The average Bonchev–Trinajstić information content (AvgIpc) is 3.09. The molecule has 0 atom stereocenters. The van der Waals surface area contributed by atoms with E-state index in [9.17, 15) is 9.59 Å². The van der Waals surface area contributed by atoms with E-state index in [1.165, 1.54) is 28.1 Å². The number of aromatic nitrogens is 3. The van der Waals surface area contributed by atoms with Crippen LogP contribution in [0.2, 0.25) is 0 Å². The molecule has 1 aromatic carbocycles. The Bertz CT molecular complexity index is 1030. The van der Waals surface area contributed by atoms with E-state index in [-0.39, 0.29) is 18.0 Å². The number of hydrogen-bond acceptors (Lipinski definition) is 5. The first kappa shape index (κ1) is 17.9. The van der Waals surface area contributed by atoms with Gasteiger partial charge < -0.3 is 5.32 Å². The maximum atomic E-state index is 12.5. The van der Waals surface area contributed by atoms with E-state index in [4.69, 9.17) is 4.98 Å². The Balaban J connectivity index is 1.38. The Hall–Kier alpha value is -2.54. The number of amides is 1. The lowest BCUT2D eigenvalue weighted by Crippen LogP contribution is -2.35. The van der Waals surface area contributed by atoms with Gasteiger partial charge in [0.05, 0.1) is 21.8 Å². The first-order chi connectivity index (χ1) is 13.1. The highest BCUT2D eigenvalue weighted by atomic mass is 32.1. The van der Waals surface area contributed by atoms with Gasteiger partial charge in [-0.2, -0.15) is 5.10 Å². The molecule has 0 radical (unpaired) electrons. The third-order valence-corrected chi connectivity index (χ3v) is 6.11. The standard InChI is InChI=1S/C20H22N4O2S/c1-13-14-6-2-3-7-15(14)20(26)24(23-13)12-18(25)21-11-10-19-22-16-8-4-5-9-17(16)27-19/h2-3,6-7H,4-5,8-12H2,1H3,(H,21,25). The highest BCUT2D eigenvalue weighted by Gasteiger charge is 2.15. The van der Waals surface area contributed by atoms with Crippen LogP contribution >= 0.6 is 11.3 Å². The summed E-state index contributed by atoms with van der Waals surface area (Å²) in [5.74, 6) is -0.208. The second-order valence-electron chi connectivity index (χ2n) is 6.88. The SMILES string of the molecule is Cc1nn(CC(=O)NCCc2nc3c(s2)CCCC3)c(=O)c2ccccc12. The van der Waals surface area contributed by atoms with Gasteiger partial charge in [0.2, 0.25) is 5.91 Å². The smallest absolute Gasteiger partial charge is 0.275 e. The minimum atomic E-state index is -0.237. The van der Waals surface area contributed by atoms with Crippen LogP contribution in [-0.2, 0) is 30.6 Å². The number of hydrogen-bond donors (Lipinski definition) is 1. The Kier molecular flexibility index (Phi) is 5.03. The van der Waals surface area contributed by atoms with E-state index in [1.807, 2.05) is 25.1 Å². The summed E-state index contributed by atoms with van der Waals surface area (Å²) >= 11 is 1.77.